The van der Waals surface area contributed by atoms with Crippen LogP contribution in [-0.4, -0.2) is 59.1 Å². The van der Waals surface area contributed by atoms with E-state index in [1.165, 1.54) is 19.5 Å². The summed E-state index contributed by atoms with van der Waals surface area (Å²) in [4.78, 5) is 20.2. The Morgan fingerprint density at radius 2 is 2.00 bits per heavy atom. The van der Waals surface area contributed by atoms with Gasteiger partial charge in [0.2, 0.25) is 0 Å². The minimum atomic E-state index is 0.0363. The quantitative estimate of drug-likeness (QED) is 0.889. The van der Waals surface area contributed by atoms with Crippen molar-refractivity contribution in [1.82, 2.24) is 19.4 Å². The van der Waals surface area contributed by atoms with Crippen molar-refractivity contribution in [2.45, 2.75) is 32.2 Å². The van der Waals surface area contributed by atoms with Crippen LogP contribution in [0.25, 0.3) is 11.0 Å². The molecule has 1 N–H and O–H groups in total. The topological polar surface area (TPSA) is 44.3 Å². The van der Waals surface area contributed by atoms with Crippen LogP contribution in [0.15, 0.2) is 29.1 Å². The Labute approximate surface area is 137 Å². The third-order valence-electron chi connectivity index (χ3n) is 5.10. The minimum Gasteiger partial charge on any atom is -0.307 e. The number of para-hydroxylation sites is 2. The highest BCUT2D eigenvalue weighted by molar-refractivity contribution is 5.75. The number of hydrogen-bond donors (Lipinski definition) is 1. The zero-order valence-electron chi connectivity index (χ0n) is 14.3. The summed E-state index contributed by atoms with van der Waals surface area (Å²) in [6, 6.07) is 8.32. The van der Waals surface area contributed by atoms with Crippen LogP contribution >= 0.6 is 0 Å². The van der Waals surface area contributed by atoms with E-state index >= 15 is 0 Å². The van der Waals surface area contributed by atoms with Crippen LogP contribution in [0.2, 0.25) is 0 Å². The van der Waals surface area contributed by atoms with Crippen LogP contribution in [0.4, 0.5) is 0 Å². The van der Waals surface area contributed by atoms with Gasteiger partial charge in [-0.1, -0.05) is 19.1 Å². The van der Waals surface area contributed by atoms with E-state index in [1.807, 2.05) is 28.8 Å². The summed E-state index contributed by atoms with van der Waals surface area (Å²) in [7, 11) is 2.18. The third kappa shape index (κ3) is 3.67. The first-order valence-corrected chi connectivity index (χ1v) is 8.79. The Hall–Kier alpha value is -1.59. The van der Waals surface area contributed by atoms with Crippen molar-refractivity contribution in [2.75, 3.05) is 39.8 Å². The van der Waals surface area contributed by atoms with E-state index in [1.54, 1.807) is 0 Å². The fourth-order valence-corrected chi connectivity index (χ4v) is 3.56. The van der Waals surface area contributed by atoms with Crippen molar-refractivity contribution in [3.8, 4) is 0 Å². The molecule has 0 bridgehead atoms. The van der Waals surface area contributed by atoms with Gasteiger partial charge in [-0.2, -0.15) is 0 Å². The molecule has 5 heteroatoms. The maximum atomic E-state index is 12.3. The molecule has 1 aliphatic rings. The Balaban J connectivity index is 1.58. The van der Waals surface area contributed by atoms with E-state index < -0.39 is 0 Å². The normalized spacial score (nSPS) is 17.3. The number of benzene rings is 1. The van der Waals surface area contributed by atoms with Crippen LogP contribution in [-0.2, 0) is 0 Å². The first-order chi connectivity index (χ1) is 11.2. The van der Waals surface area contributed by atoms with E-state index in [2.05, 4.69) is 28.8 Å². The predicted molar refractivity (Wildman–Crippen MR) is 95.1 cm³/mol. The number of nitrogens with zero attached hydrogens (tertiary/aromatic N) is 3. The lowest BCUT2D eigenvalue weighted by Gasteiger charge is -2.32. The molecule has 1 fully saturated rings. The molecule has 0 radical (unpaired) electrons. The number of rotatable bonds is 6. The van der Waals surface area contributed by atoms with Gasteiger partial charge in [0.1, 0.15) is 0 Å². The average Bonchev–Trinajstić information content (AvgIpc) is 2.91. The van der Waals surface area contributed by atoms with E-state index in [4.69, 9.17) is 0 Å². The molecule has 1 aromatic carbocycles. The molecule has 2 heterocycles. The zero-order chi connectivity index (χ0) is 16.2. The lowest BCUT2D eigenvalue weighted by Crippen LogP contribution is -2.38. The van der Waals surface area contributed by atoms with Crippen LogP contribution < -0.4 is 5.69 Å². The number of fused-ring (bicyclic) bond motifs is 1. The molecule has 0 atom stereocenters. The largest absolute Gasteiger partial charge is 0.326 e. The predicted octanol–water partition coefficient (Wildman–Crippen LogP) is 2.31. The number of likely N-dealkylation sites (tertiary alicyclic amines) is 1. The second-order valence-electron chi connectivity index (χ2n) is 6.64. The molecule has 0 amide bonds. The van der Waals surface area contributed by atoms with Gasteiger partial charge in [-0.3, -0.25) is 4.57 Å². The summed E-state index contributed by atoms with van der Waals surface area (Å²) in [5.41, 5.74) is 2.03. The van der Waals surface area contributed by atoms with E-state index in [9.17, 15) is 4.79 Å². The molecule has 126 valence electrons. The highest BCUT2D eigenvalue weighted by Crippen LogP contribution is 2.24. The van der Waals surface area contributed by atoms with E-state index in [0.717, 1.165) is 43.5 Å². The van der Waals surface area contributed by atoms with Crippen molar-refractivity contribution < 1.29 is 0 Å². The van der Waals surface area contributed by atoms with Crippen molar-refractivity contribution in [3.63, 3.8) is 0 Å². The Bertz CT molecular complexity index is 682. The van der Waals surface area contributed by atoms with Gasteiger partial charge in [-0.05, 0) is 58.1 Å². The molecular weight excluding hydrogens is 288 g/mol. The van der Waals surface area contributed by atoms with Crippen molar-refractivity contribution in [1.29, 1.82) is 0 Å². The molecule has 0 aliphatic carbocycles. The first-order valence-electron chi connectivity index (χ1n) is 8.79. The molecule has 1 aliphatic heterocycles. The Morgan fingerprint density at radius 1 is 1.26 bits per heavy atom. The van der Waals surface area contributed by atoms with Crippen molar-refractivity contribution >= 4 is 11.0 Å². The summed E-state index contributed by atoms with van der Waals surface area (Å²) >= 11 is 0. The van der Waals surface area contributed by atoms with Gasteiger partial charge in [0.25, 0.3) is 0 Å². The van der Waals surface area contributed by atoms with Gasteiger partial charge in [0, 0.05) is 19.1 Å². The molecule has 3 rings (SSSR count). The maximum Gasteiger partial charge on any atom is 0.326 e. The average molecular weight is 316 g/mol. The van der Waals surface area contributed by atoms with Crippen LogP contribution in [0.5, 0.6) is 0 Å². The molecule has 23 heavy (non-hydrogen) atoms. The molecule has 5 nitrogen and oxygen atoms in total. The van der Waals surface area contributed by atoms with Gasteiger partial charge < -0.3 is 14.8 Å². The van der Waals surface area contributed by atoms with Gasteiger partial charge in [-0.25, -0.2) is 4.79 Å². The molecule has 0 unspecified atom stereocenters. The fraction of sp³-hybridized carbons (Fsp3) is 0.611. The highest BCUT2D eigenvalue weighted by atomic mass is 16.1. The van der Waals surface area contributed by atoms with Gasteiger partial charge in [0.15, 0.2) is 0 Å². The minimum absolute atomic E-state index is 0.0363. The lowest BCUT2D eigenvalue weighted by atomic mass is 10.0. The van der Waals surface area contributed by atoms with Gasteiger partial charge >= 0.3 is 5.69 Å². The summed E-state index contributed by atoms with van der Waals surface area (Å²) in [5, 5.41) is 0. The summed E-state index contributed by atoms with van der Waals surface area (Å²) < 4.78 is 1.97. The second kappa shape index (κ2) is 7.32. The third-order valence-corrected chi connectivity index (χ3v) is 5.10. The van der Waals surface area contributed by atoms with Crippen molar-refractivity contribution in [2.24, 2.45) is 0 Å². The SMILES string of the molecule is CCN(C)CCCN1CCC(n2c(=O)[nH]c3ccccc32)CC1. The van der Waals surface area contributed by atoms with Gasteiger partial charge in [-0.15, -0.1) is 0 Å². The first kappa shape index (κ1) is 16.3. The number of imidazole rings is 1. The number of H-pyrrole nitrogens is 1. The van der Waals surface area contributed by atoms with Gasteiger partial charge in [0.05, 0.1) is 11.0 Å². The van der Waals surface area contributed by atoms with Crippen LogP contribution in [0.1, 0.15) is 32.2 Å². The van der Waals surface area contributed by atoms with Crippen LogP contribution in [0, 0.1) is 0 Å². The van der Waals surface area contributed by atoms with E-state index in [0.29, 0.717) is 6.04 Å². The van der Waals surface area contributed by atoms with E-state index in [-0.39, 0.29) is 5.69 Å². The number of hydrogen-bond acceptors (Lipinski definition) is 3. The zero-order valence-corrected chi connectivity index (χ0v) is 14.3. The maximum absolute atomic E-state index is 12.3. The summed E-state index contributed by atoms with van der Waals surface area (Å²) in [6.45, 7) is 7.83. The standard InChI is InChI=1S/C18H28N4O/c1-3-20(2)11-6-12-21-13-9-15(10-14-21)22-17-8-5-4-7-16(17)19-18(22)23/h4-5,7-8,15H,3,6,9-14H2,1-2H3,(H,19,23). The number of nitrogens with one attached hydrogen (secondary N) is 1. The lowest BCUT2D eigenvalue weighted by molar-refractivity contribution is 0.178. The molecule has 0 spiro atoms. The molecule has 1 saturated heterocycles. The Kier molecular flexibility index (Phi) is 5.18. The van der Waals surface area contributed by atoms with Crippen LogP contribution in [0.3, 0.4) is 0 Å². The smallest absolute Gasteiger partial charge is 0.307 e. The highest BCUT2D eigenvalue weighted by Gasteiger charge is 2.23. The summed E-state index contributed by atoms with van der Waals surface area (Å²) in [6.07, 6.45) is 3.35. The molecular formula is C18H28N4O. The molecule has 0 saturated carbocycles. The summed E-state index contributed by atoms with van der Waals surface area (Å²) in [5.74, 6) is 0. The number of aromatic nitrogens is 2. The second-order valence-corrected chi connectivity index (χ2v) is 6.64. The van der Waals surface area contributed by atoms with Crippen molar-refractivity contribution in [3.05, 3.63) is 34.7 Å². The number of aromatic amines is 1. The monoisotopic (exact) mass is 316 g/mol. The molecule has 2 aromatic rings. The fourth-order valence-electron chi connectivity index (χ4n) is 3.56. The Morgan fingerprint density at radius 3 is 2.74 bits per heavy atom. The number of piperidine rings is 1. The molecule has 1 aromatic heterocycles.